The number of carbonyl (C=O) groups is 1. The van der Waals surface area contributed by atoms with Gasteiger partial charge in [0.05, 0.1) is 6.54 Å². The first-order chi connectivity index (χ1) is 10.8. The summed E-state index contributed by atoms with van der Waals surface area (Å²) < 4.78 is 39.8. The van der Waals surface area contributed by atoms with Gasteiger partial charge in [0.15, 0.2) is 0 Å². The van der Waals surface area contributed by atoms with Crippen molar-refractivity contribution in [2.45, 2.75) is 10.8 Å². The first kappa shape index (κ1) is 18.1. The molecule has 0 unspecified atom stereocenters. The Kier molecular flexibility index (Phi) is 5.90. The normalized spacial score (nSPS) is 11.7. The van der Waals surface area contributed by atoms with Crippen molar-refractivity contribution >= 4 is 43.2 Å². The summed E-state index contributed by atoms with van der Waals surface area (Å²) in [6.45, 7) is -0.354. The van der Waals surface area contributed by atoms with E-state index in [1.54, 1.807) is 23.6 Å². The monoisotopic (exact) mass is 420 g/mol. The summed E-state index contributed by atoms with van der Waals surface area (Å²) in [6, 6.07) is 7.51. The van der Waals surface area contributed by atoms with Gasteiger partial charge < -0.3 is 5.32 Å². The average Bonchev–Trinajstić information content (AvgIpc) is 3.03. The van der Waals surface area contributed by atoms with Gasteiger partial charge in [-0.3, -0.25) is 4.79 Å². The minimum atomic E-state index is -3.68. The molecule has 0 spiro atoms. The van der Waals surface area contributed by atoms with Gasteiger partial charge in [-0.05, 0) is 29.6 Å². The van der Waals surface area contributed by atoms with Crippen LogP contribution in [0.5, 0.6) is 0 Å². The first-order valence-electron chi connectivity index (χ1n) is 6.51. The third kappa shape index (κ3) is 4.60. The molecule has 5 nitrogen and oxygen atoms in total. The largest absolute Gasteiger partial charge is 0.351 e. The highest BCUT2D eigenvalue weighted by molar-refractivity contribution is 9.10. The highest BCUT2D eigenvalue weighted by Crippen LogP contribution is 2.19. The highest BCUT2D eigenvalue weighted by Gasteiger charge is 2.23. The maximum absolute atomic E-state index is 13.6. The Labute approximate surface area is 146 Å². The number of likely N-dealkylation sites (N-methyl/N-ethyl adjacent to an activating group) is 1. The smallest absolute Gasteiger partial charge is 0.252 e. The van der Waals surface area contributed by atoms with E-state index >= 15 is 0 Å². The molecule has 0 atom stereocenters. The number of halogens is 2. The Hall–Kier alpha value is -1.29. The van der Waals surface area contributed by atoms with Crippen LogP contribution in [-0.2, 0) is 21.4 Å². The molecular formula is C14H14BrFN2O3S2. The number of hydrogen-bond acceptors (Lipinski definition) is 4. The molecule has 2 rings (SSSR count). The van der Waals surface area contributed by atoms with Crippen molar-refractivity contribution in [1.29, 1.82) is 0 Å². The van der Waals surface area contributed by atoms with E-state index in [-0.39, 0.29) is 17.3 Å². The van der Waals surface area contributed by atoms with Crippen LogP contribution in [0, 0.1) is 5.82 Å². The number of benzene rings is 1. The topological polar surface area (TPSA) is 66.5 Å². The third-order valence-corrected chi connectivity index (χ3v) is 6.68. The van der Waals surface area contributed by atoms with Gasteiger partial charge in [-0.2, -0.15) is 4.31 Å². The Morgan fingerprint density at radius 1 is 1.39 bits per heavy atom. The van der Waals surface area contributed by atoms with Gasteiger partial charge in [-0.15, -0.1) is 11.3 Å². The lowest BCUT2D eigenvalue weighted by Crippen LogP contribution is -2.37. The predicted molar refractivity (Wildman–Crippen MR) is 90.1 cm³/mol. The van der Waals surface area contributed by atoms with Crippen LogP contribution in [0.25, 0.3) is 0 Å². The molecule has 1 aromatic carbocycles. The number of amides is 1. The molecule has 0 aliphatic rings. The lowest BCUT2D eigenvalue weighted by atomic mass is 10.2. The van der Waals surface area contributed by atoms with Crippen molar-refractivity contribution < 1.29 is 17.6 Å². The molecule has 1 aromatic heterocycles. The van der Waals surface area contributed by atoms with Gasteiger partial charge in [0.1, 0.15) is 10.0 Å². The van der Waals surface area contributed by atoms with E-state index in [0.29, 0.717) is 10.0 Å². The van der Waals surface area contributed by atoms with Crippen LogP contribution in [0.15, 0.2) is 44.4 Å². The van der Waals surface area contributed by atoms with E-state index in [1.165, 1.54) is 19.2 Å². The number of thiophene rings is 1. The van der Waals surface area contributed by atoms with Crippen molar-refractivity contribution in [3.8, 4) is 0 Å². The molecule has 0 fully saturated rings. The number of nitrogens with zero attached hydrogens (tertiary/aromatic N) is 1. The molecule has 0 aliphatic heterocycles. The number of sulfonamides is 1. The summed E-state index contributed by atoms with van der Waals surface area (Å²) in [6.07, 6.45) is 0. The lowest BCUT2D eigenvalue weighted by molar-refractivity contribution is -0.121. The molecule has 1 heterocycles. The SMILES string of the molecule is CN(CC(=O)NCc1cc(Br)ccc1F)S(=O)(=O)c1cccs1. The number of rotatable bonds is 6. The van der Waals surface area contributed by atoms with E-state index in [0.717, 1.165) is 15.6 Å². The van der Waals surface area contributed by atoms with Gasteiger partial charge in [-0.25, -0.2) is 12.8 Å². The predicted octanol–water partition coefficient (Wildman–Crippen LogP) is 2.59. The van der Waals surface area contributed by atoms with Gasteiger partial charge >= 0.3 is 0 Å². The molecule has 0 radical (unpaired) electrons. The maximum atomic E-state index is 13.6. The standard InChI is InChI=1S/C14H14BrFN2O3S2/c1-18(23(20,21)14-3-2-6-22-14)9-13(19)17-8-10-7-11(15)4-5-12(10)16/h2-7H,8-9H2,1H3,(H,17,19). The average molecular weight is 421 g/mol. The van der Waals surface area contributed by atoms with Crippen molar-refractivity contribution in [3.63, 3.8) is 0 Å². The van der Waals surface area contributed by atoms with Crippen LogP contribution < -0.4 is 5.32 Å². The van der Waals surface area contributed by atoms with Gasteiger partial charge in [0.2, 0.25) is 5.91 Å². The second kappa shape index (κ2) is 7.52. The second-order valence-corrected chi connectivity index (χ2v) is 8.84. The van der Waals surface area contributed by atoms with E-state index in [1.807, 2.05) is 0 Å². The van der Waals surface area contributed by atoms with E-state index in [2.05, 4.69) is 21.2 Å². The second-order valence-electron chi connectivity index (χ2n) is 4.71. The van der Waals surface area contributed by atoms with Crippen LogP contribution in [0.1, 0.15) is 5.56 Å². The van der Waals surface area contributed by atoms with Gasteiger partial charge in [0, 0.05) is 23.6 Å². The maximum Gasteiger partial charge on any atom is 0.252 e. The fourth-order valence-corrected chi connectivity index (χ4v) is 4.52. The first-order valence-corrected chi connectivity index (χ1v) is 9.62. The number of carbonyl (C=O) groups excluding carboxylic acids is 1. The molecular weight excluding hydrogens is 407 g/mol. The molecule has 0 saturated carbocycles. The Balaban J connectivity index is 1.96. The van der Waals surface area contributed by atoms with Gasteiger partial charge in [0.25, 0.3) is 10.0 Å². The summed E-state index contributed by atoms with van der Waals surface area (Å²) in [5.41, 5.74) is 0.316. The molecule has 1 N–H and O–H groups in total. The molecule has 2 aromatic rings. The minimum Gasteiger partial charge on any atom is -0.351 e. The molecule has 0 aliphatic carbocycles. The summed E-state index contributed by atoms with van der Waals surface area (Å²) in [4.78, 5) is 11.9. The molecule has 9 heteroatoms. The van der Waals surface area contributed by atoms with Crippen molar-refractivity contribution in [3.05, 3.63) is 51.6 Å². The van der Waals surface area contributed by atoms with E-state index in [4.69, 9.17) is 0 Å². The molecule has 1 amide bonds. The number of hydrogen-bond donors (Lipinski definition) is 1. The van der Waals surface area contributed by atoms with Crippen molar-refractivity contribution in [2.24, 2.45) is 0 Å². The van der Waals surface area contributed by atoms with Crippen LogP contribution >= 0.6 is 27.3 Å². The van der Waals surface area contributed by atoms with Crippen molar-refractivity contribution in [1.82, 2.24) is 9.62 Å². The lowest BCUT2D eigenvalue weighted by Gasteiger charge is -2.15. The molecule has 23 heavy (non-hydrogen) atoms. The fourth-order valence-electron chi connectivity index (χ4n) is 1.78. The van der Waals surface area contributed by atoms with E-state index < -0.39 is 21.7 Å². The van der Waals surface area contributed by atoms with Crippen molar-refractivity contribution in [2.75, 3.05) is 13.6 Å². The zero-order valence-electron chi connectivity index (χ0n) is 12.1. The molecule has 0 saturated heterocycles. The Morgan fingerprint density at radius 2 is 2.13 bits per heavy atom. The summed E-state index contributed by atoms with van der Waals surface area (Å²) >= 11 is 4.31. The van der Waals surface area contributed by atoms with Gasteiger partial charge in [-0.1, -0.05) is 22.0 Å². The zero-order chi connectivity index (χ0) is 17.0. The summed E-state index contributed by atoms with van der Waals surface area (Å²) in [5, 5.41) is 4.16. The van der Waals surface area contributed by atoms with Crippen LogP contribution in [0.4, 0.5) is 4.39 Å². The van der Waals surface area contributed by atoms with Crippen LogP contribution in [-0.4, -0.2) is 32.2 Å². The molecule has 0 bridgehead atoms. The van der Waals surface area contributed by atoms with Crippen LogP contribution in [0.2, 0.25) is 0 Å². The zero-order valence-corrected chi connectivity index (χ0v) is 15.3. The van der Waals surface area contributed by atoms with E-state index in [9.17, 15) is 17.6 Å². The minimum absolute atomic E-state index is 0.0169. The Morgan fingerprint density at radius 3 is 2.78 bits per heavy atom. The Bertz CT molecular complexity index is 794. The molecule has 124 valence electrons. The quantitative estimate of drug-likeness (QED) is 0.780. The fraction of sp³-hybridized carbons (Fsp3) is 0.214. The summed E-state index contributed by atoms with van der Waals surface area (Å²) in [5.74, 6) is -0.944. The summed E-state index contributed by atoms with van der Waals surface area (Å²) in [7, 11) is -2.35. The van der Waals surface area contributed by atoms with Crippen LogP contribution in [0.3, 0.4) is 0 Å². The third-order valence-electron chi connectivity index (χ3n) is 3.01. The highest BCUT2D eigenvalue weighted by atomic mass is 79.9. The number of nitrogens with one attached hydrogen (secondary N) is 1.